The summed E-state index contributed by atoms with van der Waals surface area (Å²) in [6.07, 6.45) is 0.885. The monoisotopic (exact) mass is 581 g/mol. The molecule has 5 rings (SSSR count). The number of hydrogen-bond donors (Lipinski definition) is 1. The second kappa shape index (κ2) is 13.0. The van der Waals surface area contributed by atoms with Crippen LogP contribution in [-0.2, 0) is 25.7 Å². The highest BCUT2D eigenvalue weighted by atomic mass is 16.6. The quantitative estimate of drug-likeness (QED) is 0.238. The molecule has 0 amide bonds. The van der Waals surface area contributed by atoms with E-state index in [0.29, 0.717) is 47.6 Å². The minimum absolute atomic E-state index is 0.0324. The third-order valence-electron chi connectivity index (χ3n) is 7.70. The van der Waals surface area contributed by atoms with Crippen molar-refractivity contribution in [1.82, 2.24) is 5.32 Å². The molecule has 222 valence electrons. The zero-order valence-electron chi connectivity index (χ0n) is 24.8. The Balaban J connectivity index is 1.55. The van der Waals surface area contributed by atoms with Crippen LogP contribution in [0.25, 0.3) is 0 Å². The molecule has 0 spiro atoms. The number of Topliss-reactive ketones (excluding diaryl/α,β-unsaturated/α-hetero) is 1. The number of benzene rings is 3. The summed E-state index contributed by atoms with van der Waals surface area (Å²) < 4.78 is 22.3. The van der Waals surface area contributed by atoms with Gasteiger partial charge in [-0.25, -0.2) is 4.79 Å². The highest BCUT2D eigenvalue weighted by Crippen LogP contribution is 2.47. The molecule has 0 bridgehead atoms. The predicted molar refractivity (Wildman–Crippen MR) is 161 cm³/mol. The van der Waals surface area contributed by atoms with E-state index in [0.717, 1.165) is 22.6 Å². The zero-order valence-corrected chi connectivity index (χ0v) is 24.8. The Bertz CT molecular complexity index is 1590. The highest BCUT2D eigenvalue weighted by molar-refractivity contribution is 6.04. The lowest BCUT2D eigenvalue weighted by Gasteiger charge is -2.37. The number of carbonyl (C=O) groups is 3. The molecule has 43 heavy (non-hydrogen) atoms. The van der Waals surface area contributed by atoms with Gasteiger partial charge in [-0.2, -0.15) is 0 Å². The number of nitrogens with one attached hydrogen (secondary N) is 1. The molecule has 0 aromatic heterocycles. The average Bonchev–Trinajstić information content (AvgIpc) is 3.00. The molecule has 3 aromatic carbocycles. The smallest absolute Gasteiger partial charge is 0.337 e. The number of ketones is 1. The van der Waals surface area contributed by atoms with Crippen molar-refractivity contribution in [2.45, 2.75) is 52.1 Å². The molecule has 0 saturated heterocycles. The predicted octanol–water partition coefficient (Wildman–Crippen LogP) is 6.12. The summed E-state index contributed by atoms with van der Waals surface area (Å²) in [5.41, 5.74) is 4.84. The number of carbonyl (C=O) groups excluding carboxylic acids is 3. The van der Waals surface area contributed by atoms with Gasteiger partial charge in [-0.05, 0) is 67.1 Å². The summed E-state index contributed by atoms with van der Waals surface area (Å²) in [4.78, 5) is 39.5. The SMILES string of the molecule is CCOc1cc([C@@H]2C(C(=O)OCc3ccccc3)=C(C)NC3=C2C(=O)C[C@@H](c2ccc(OC)cc2)C3)ccc1OC(C)=O. The number of dihydropyridines is 1. The van der Waals surface area contributed by atoms with E-state index in [1.54, 1.807) is 25.3 Å². The molecule has 8 nitrogen and oxygen atoms in total. The van der Waals surface area contributed by atoms with Gasteiger partial charge in [-0.3, -0.25) is 9.59 Å². The van der Waals surface area contributed by atoms with Crippen molar-refractivity contribution < 1.29 is 33.3 Å². The van der Waals surface area contributed by atoms with Crippen LogP contribution >= 0.6 is 0 Å². The fourth-order valence-electron chi connectivity index (χ4n) is 5.77. The third-order valence-corrected chi connectivity index (χ3v) is 7.70. The first-order valence-corrected chi connectivity index (χ1v) is 14.3. The Morgan fingerprint density at radius 2 is 1.65 bits per heavy atom. The van der Waals surface area contributed by atoms with Crippen molar-refractivity contribution in [2.24, 2.45) is 0 Å². The maximum Gasteiger partial charge on any atom is 0.337 e. The summed E-state index contributed by atoms with van der Waals surface area (Å²) in [6, 6.07) is 22.3. The lowest BCUT2D eigenvalue weighted by Crippen LogP contribution is -2.36. The van der Waals surface area contributed by atoms with Crippen LogP contribution < -0.4 is 19.5 Å². The van der Waals surface area contributed by atoms with Crippen molar-refractivity contribution in [3.8, 4) is 17.2 Å². The number of rotatable bonds is 9. The van der Waals surface area contributed by atoms with Crippen molar-refractivity contribution >= 4 is 17.7 Å². The Hall–Kier alpha value is -4.85. The topological polar surface area (TPSA) is 100 Å². The first-order valence-electron chi connectivity index (χ1n) is 14.3. The summed E-state index contributed by atoms with van der Waals surface area (Å²) >= 11 is 0. The normalized spacial score (nSPS) is 18.0. The Kier molecular flexibility index (Phi) is 8.95. The van der Waals surface area contributed by atoms with Crippen LogP contribution in [-0.4, -0.2) is 31.4 Å². The summed E-state index contributed by atoms with van der Waals surface area (Å²) in [5.74, 6) is -0.408. The van der Waals surface area contributed by atoms with Crippen LogP contribution in [0, 0.1) is 0 Å². The van der Waals surface area contributed by atoms with E-state index >= 15 is 0 Å². The number of hydrogen-bond acceptors (Lipinski definition) is 8. The second-order valence-corrected chi connectivity index (χ2v) is 10.6. The van der Waals surface area contributed by atoms with E-state index in [4.69, 9.17) is 18.9 Å². The molecule has 1 aliphatic heterocycles. The first-order chi connectivity index (χ1) is 20.8. The molecule has 0 saturated carbocycles. The van der Waals surface area contributed by atoms with E-state index in [2.05, 4.69) is 5.32 Å². The van der Waals surface area contributed by atoms with Crippen LogP contribution in [0.15, 0.2) is 95.3 Å². The number of ether oxygens (including phenoxy) is 4. The molecule has 1 N–H and O–H groups in total. The van der Waals surface area contributed by atoms with Crippen molar-refractivity contribution in [3.05, 3.63) is 112 Å². The van der Waals surface area contributed by atoms with Crippen molar-refractivity contribution in [1.29, 1.82) is 0 Å². The molecule has 3 aromatic rings. The van der Waals surface area contributed by atoms with Gasteiger partial charge in [0.2, 0.25) is 0 Å². The Morgan fingerprint density at radius 1 is 0.930 bits per heavy atom. The fourth-order valence-corrected chi connectivity index (χ4v) is 5.77. The van der Waals surface area contributed by atoms with Gasteiger partial charge < -0.3 is 24.3 Å². The van der Waals surface area contributed by atoms with Crippen LogP contribution in [0.2, 0.25) is 0 Å². The summed E-state index contributed by atoms with van der Waals surface area (Å²) in [6.45, 7) is 5.41. The van der Waals surface area contributed by atoms with E-state index in [1.807, 2.05) is 68.4 Å². The second-order valence-electron chi connectivity index (χ2n) is 10.6. The first kappa shape index (κ1) is 29.6. The zero-order chi connectivity index (χ0) is 30.5. The number of methoxy groups -OCH3 is 1. The van der Waals surface area contributed by atoms with Gasteiger partial charge in [0.05, 0.1) is 19.3 Å². The van der Waals surface area contributed by atoms with Crippen LogP contribution in [0.3, 0.4) is 0 Å². The lowest BCUT2D eigenvalue weighted by molar-refractivity contribution is -0.140. The van der Waals surface area contributed by atoms with Crippen LogP contribution in [0.4, 0.5) is 0 Å². The van der Waals surface area contributed by atoms with Gasteiger partial charge in [0.25, 0.3) is 0 Å². The van der Waals surface area contributed by atoms with Crippen LogP contribution in [0.5, 0.6) is 17.2 Å². The van der Waals surface area contributed by atoms with E-state index in [-0.39, 0.29) is 24.1 Å². The van der Waals surface area contributed by atoms with Gasteiger partial charge in [0, 0.05) is 36.2 Å². The molecule has 2 atom stereocenters. The average molecular weight is 582 g/mol. The molecule has 8 heteroatoms. The van der Waals surface area contributed by atoms with Crippen molar-refractivity contribution in [3.63, 3.8) is 0 Å². The minimum atomic E-state index is -0.700. The lowest BCUT2D eigenvalue weighted by atomic mass is 9.71. The van der Waals surface area contributed by atoms with Crippen molar-refractivity contribution in [2.75, 3.05) is 13.7 Å². The Morgan fingerprint density at radius 3 is 2.33 bits per heavy atom. The highest BCUT2D eigenvalue weighted by Gasteiger charge is 2.41. The molecule has 1 heterocycles. The van der Waals surface area contributed by atoms with Gasteiger partial charge in [0.15, 0.2) is 17.3 Å². The fraction of sp³-hybridized carbons (Fsp3) is 0.286. The number of allylic oxidation sites excluding steroid dienone is 3. The van der Waals surface area contributed by atoms with E-state index in [9.17, 15) is 14.4 Å². The third kappa shape index (κ3) is 6.48. The molecule has 0 radical (unpaired) electrons. The van der Waals surface area contributed by atoms with Gasteiger partial charge in [0.1, 0.15) is 12.4 Å². The molecule has 2 aliphatic rings. The van der Waals surface area contributed by atoms with E-state index in [1.165, 1.54) is 6.92 Å². The largest absolute Gasteiger partial charge is 0.497 e. The summed E-state index contributed by atoms with van der Waals surface area (Å²) in [5, 5.41) is 3.39. The van der Waals surface area contributed by atoms with E-state index < -0.39 is 17.9 Å². The molecular formula is C35H35NO7. The molecular weight excluding hydrogens is 546 g/mol. The minimum Gasteiger partial charge on any atom is -0.497 e. The van der Waals surface area contributed by atoms with Gasteiger partial charge in [-0.1, -0.05) is 48.5 Å². The summed E-state index contributed by atoms with van der Waals surface area (Å²) in [7, 11) is 1.62. The molecule has 0 unspecified atom stereocenters. The number of esters is 2. The van der Waals surface area contributed by atoms with Gasteiger partial charge >= 0.3 is 11.9 Å². The maximum atomic E-state index is 14.0. The van der Waals surface area contributed by atoms with Gasteiger partial charge in [-0.15, -0.1) is 0 Å². The van der Waals surface area contributed by atoms with Crippen LogP contribution in [0.1, 0.15) is 62.1 Å². The molecule has 0 fully saturated rings. The standard InChI is InChI=1S/C35H35NO7/c1-5-41-31-19-25(13-16-30(31)43-22(3)37)33-32(35(39)42-20-23-9-7-6-8-10-23)21(2)36-28-17-26(18-29(38)34(28)33)24-11-14-27(40-4)15-12-24/h6-16,19,26,33,36H,5,17-18,20H2,1-4H3/t26-,33+/m0/s1. The Labute approximate surface area is 251 Å². The maximum absolute atomic E-state index is 14.0. The molecule has 1 aliphatic carbocycles.